The van der Waals surface area contributed by atoms with Gasteiger partial charge in [-0.25, -0.2) is 13.7 Å². The molecule has 3 rings (SSSR count). The van der Waals surface area contributed by atoms with Crippen molar-refractivity contribution >= 4 is 7.60 Å². The maximum atomic E-state index is 13.3. The van der Waals surface area contributed by atoms with E-state index in [4.69, 9.17) is 9.05 Å². The molecule has 0 atom stereocenters. The lowest BCUT2D eigenvalue weighted by molar-refractivity contribution is -0.671. The van der Waals surface area contributed by atoms with Gasteiger partial charge in [0.05, 0.1) is 7.05 Å². The van der Waals surface area contributed by atoms with Crippen LogP contribution in [-0.2, 0) is 18.2 Å². The molecule has 6 heteroatoms. The topological polar surface area (TPSA) is 44.3 Å². The summed E-state index contributed by atoms with van der Waals surface area (Å²) in [4.78, 5) is 0. The number of rotatable bonds is 7. The van der Waals surface area contributed by atoms with Crippen LogP contribution in [0, 0.1) is 0 Å². The molecule has 0 unspecified atom stereocenters. The van der Waals surface area contributed by atoms with Gasteiger partial charge in [-0.1, -0.05) is 36.4 Å². The van der Waals surface area contributed by atoms with E-state index < -0.39 is 7.60 Å². The summed E-state index contributed by atoms with van der Waals surface area (Å²) in [6.07, 6.45) is 6.05. The Hall–Kier alpha value is -2.52. The normalized spacial score (nSPS) is 11.2. The molecule has 0 fully saturated rings. The van der Waals surface area contributed by atoms with Gasteiger partial charge in [0, 0.05) is 0 Å². The van der Waals surface area contributed by atoms with Crippen molar-refractivity contribution in [2.24, 2.45) is 7.05 Å². The molecule has 0 N–H and O–H groups in total. The summed E-state index contributed by atoms with van der Waals surface area (Å²) in [6, 6.07) is 18.2. The predicted molar refractivity (Wildman–Crippen MR) is 92.2 cm³/mol. The molecule has 0 bridgehead atoms. The second-order valence-electron chi connectivity index (χ2n) is 5.46. The van der Waals surface area contributed by atoms with Crippen LogP contribution in [0.25, 0.3) is 0 Å². The lowest BCUT2D eigenvalue weighted by Crippen LogP contribution is -2.24. The highest BCUT2D eigenvalue weighted by Crippen LogP contribution is 2.48. The Morgan fingerprint density at radius 1 is 0.958 bits per heavy atom. The van der Waals surface area contributed by atoms with Gasteiger partial charge >= 0.3 is 7.60 Å². The fraction of sp³-hybridized carbons (Fsp3) is 0.167. The molecule has 0 saturated carbocycles. The molecule has 0 saturated heterocycles. The molecule has 1 heterocycles. The SMILES string of the molecule is C[n+]1ccn(CCP(=O)(Oc2ccccc2)Oc2ccccc2)c1. The summed E-state index contributed by atoms with van der Waals surface area (Å²) in [5.74, 6) is 1.07. The van der Waals surface area contributed by atoms with E-state index in [1.807, 2.05) is 71.3 Å². The first kappa shape index (κ1) is 16.3. The second-order valence-corrected chi connectivity index (χ2v) is 7.49. The Balaban J connectivity index is 1.78. The lowest BCUT2D eigenvalue weighted by atomic mass is 10.3. The zero-order valence-electron chi connectivity index (χ0n) is 13.5. The van der Waals surface area contributed by atoms with Crippen LogP contribution in [0.15, 0.2) is 79.4 Å². The monoisotopic (exact) mass is 343 g/mol. The summed E-state index contributed by atoms with van der Waals surface area (Å²) < 4.78 is 28.6. The first-order valence-corrected chi connectivity index (χ1v) is 9.45. The lowest BCUT2D eigenvalue weighted by Gasteiger charge is -2.19. The molecule has 0 radical (unpaired) electrons. The van der Waals surface area contributed by atoms with Crippen molar-refractivity contribution in [3.8, 4) is 11.5 Å². The molecule has 124 valence electrons. The van der Waals surface area contributed by atoms with E-state index in [0.717, 1.165) is 0 Å². The van der Waals surface area contributed by atoms with Crippen LogP contribution in [0.5, 0.6) is 11.5 Å². The smallest absolute Gasteiger partial charge is 0.416 e. The van der Waals surface area contributed by atoms with E-state index in [1.54, 1.807) is 24.3 Å². The highest BCUT2D eigenvalue weighted by atomic mass is 31.2. The van der Waals surface area contributed by atoms with Gasteiger partial charge in [0.2, 0.25) is 6.33 Å². The second kappa shape index (κ2) is 7.37. The maximum Gasteiger partial charge on any atom is 0.434 e. The molecule has 24 heavy (non-hydrogen) atoms. The summed E-state index contributed by atoms with van der Waals surface area (Å²) in [5.41, 5.74) is 0. The first-order chi connectivity index (χ1) is 11.6. The molecule has 0 aliphatic carbocycles. The van der Waals surface area contributed by atoms with Gasteiger partial charge in [0.15, 0.2) is 0 Å². The van der Waals surface area contributed by atoms with E-state index in [9.17, 15) is 4.57 Å². The van der Waals surface area contributed by atoms with Gasteiger partial charge < -0.3 is 9.05 Å². The molecule has 0 amide bonds. The Labute approximate surface area is 141 Å². The van der Waals surface area contributed by atoms with Crippen molar-refractivity contribution in [1.82, 2.24) is 4.57 Å². The van der Waals surface area contributed by atoms with Gasteiger partial charge in [0.1, 0.15) is 36.6 Å². The number of nitrogens with zero attached hydrogens (tertiary/aromatic N) is 2. The third-order valence-electron chi connectivity index (χ3n) is 3.43. The van der Waals surface area contributed by atoms with Crippen molar-refractivity contribution in [1.29, 1.82) is 0 Å². The van der Waals surface area contributed by atoms with Crippen LogP contribution in [0.3, 0.4) is 0 Å². The molecule has 3 aromatic rings. The number of aromatic nitrogens is 2. The first-order valence-electron chi connectivity index (χ1n) is 7.72. The number of imidazole rings is 1. The fourth-order valence-electron chi connectivity index (χ4n) is 2.27. The van der Waals surface area contributed by atoms with Gasteiger partial charge in [0.25, 0.3) is 0 Å². The zero-order chi connectivity index (χ0) is 16.8. The summed E-state index contributed by atoms with van der Waals surface area (Å²) >= 11 is 0. The highest BCUT2D eigenvalue weighted by Gasteiger charge is 2.29. The minimum absolute atomic E-state index is 0.269. The van der Waals surface area contributed by atoms with Crippen LogP contribution in [-0.4, -0.2) is 10.7 Å². The number of benzene rings is 2. The number of para-hydroxylation sites is 2. The van der Waals surface area contributed by atoms with Gasteiger partial charge in [-0.05, 0) is 24.3 Å². The molecule has 0 aliphatic rings. The fourth-order valence-corrected chi connectivity index (χ4v) is 3.85. The van der Waals surface area contributed by atoms with Crippen molar-refractivity contribution in [3.05, 3.63) is 79.4 Å². The maximum absolute atomic E-state index is 13.3. The molecule has 5 nitrogen and oxygen atoms in total. The van der Waals surface area contributed by atoms with Gasteiger partial charge in [-0.2, -0.15) is 0 Å². The van der Waals surface area contributed by atoms with Crippen LogP contribution in [0.4, 0.5) is 0 Å². The molecule has 1 aromatic heterocycles. The standard InChI is InChI=1S/C18H20N2O3P/c1-19-12-13-20(16-19)14-15-24(21,22-17-8-4-2-5-9-17)23-18-10-6-3-7-11-18/h2-13,16H,14-15H2,1H3/q+1. The van der Waals surface area contributed by atoms with Gasteiger partial charge in [-0.3, -0.25) is 0 Å². The van der Waals surface area contributed by atoms with E-state index in [0.29, 0.717) is 18.0 Å². The van der Waals surface area contributed by atoms with E-state index in [1.165, 1.54) is 0 Å². The zero-order valence-corrected chi connectivity index (χ0v) is 14.4. The van der Waals surface area contributed by atoms with Crippen LogP contribution < -0.4 is 13.6 Å². The minimum Gasteiger partial charge on any atom is -0.416 e. The van der Waals surface area contributed by atoms with Crippen molar-refractivity contribution in [3.63, 3.8) is 0 Å². The van der Waals surface area contributed by atoms with Crippen LogP contribution >= 0.6 is 7.60 Å². The minimum atomic E-state index is -3.35. The van der Waals surface area contributed by atoms with E-state index in [-0.39, 0.29) is 6.16 Å². The predicted octanol–water partition coefficient (Wildman–Crippen LogP) is 3.66. The quantitative estimate of drug-likeness (QED) is 0.486. The third-order valence-corrected chi connectivity index (χ3v) is 5.16. The Morgan fingerprint density at radius 2 is 1.50 bits per heavy atom. The summed E-state index contributed by atoms with van der Waals surface area (Å²) in [5, 5.41) is 0. The van der Waals surface area contributed by atoms with Crippen molar-refractivity contribution < 1.29 is 18.2 Å². The Morgan fingerprint density at radius 3 is 1.96 bits per heavy atom. The van der Waals surface area contributed by atoms with Crippen LogP contribution in [0.1, 0.15) is 0 Å². The molecule has 0 aliphatic heterocycles. The Kier molecular flexibility index (Phi) is 5.02. The summed E-state index contributed by atoms with van der Waals surface area (Å²) in [6.45, 7) is 0.539. The number of aryl methyl sites for hydroxylation is 2. The number of hydrogen-bond acceptors (Lipinski definition) is 3. The number of hydrogen-bond donors (Lipinski definition) is 0. The average molecular weight is 343 g/mol. The largest absolute Gasteiger partial charge is 0.434 e. The average Bonchev–Trinajstić information content (AvgIpc) is 3.00. The van der Waals surface area contributed by atoms with E-state index >= 15 is 0 Å². The van der Waals surface area contributed by atoms with Crippen molar-refractivity contribution in [2.45, 2.75) is 6.54 Å². The molecular formula is C18H20N2O3P+. The third kappa shape index (κ3) is 4.49. The molecular weight excluding hydrogens is 323 g/mol. The highest BCUT2D eigenvalue weighted by molar-refractivity contribution is 7.54. The summed E-state index contributed by atoms with van der Waals surface area (Å²) in [7, 11) is -1.41. The molecule has 2 aromatic carbocycles. The van der Waals surface area contributed by atoms with Crippen molar-refractivity contribution in [2.75, 3.05) is 6.16 Å². The molecule has 0 spiro atoms. The Bertz CT molecular complexity index is 773. The van der Waals surface area contributed by atoms with E-state index in [2.05, 4.69) is 0 Å². The van der Waals surface area contributed by atoms with Crippen LogP contribution in [0.2, 0.25) is 0 Å². The van der Waals surface area contributed by atoms with Gasteiger partial charge in [-0.15, -0.1) is 0 Å².